The molecule has 23 heteroatoms. The number of carbonyl (C=O) groups excluding carboxylic acids is 7. The van der Waals surface area contributed by atoms with Crippen molar-refractivity contribution < 1.29 is 74.1 Å². The molecule has 290 valence electrons. The van der Waals surface area contributed by atoms with Gasteiger partial charge in [-0.25, -0.2) is 20.0 Å². The molecule has 0 heterocycles. The van der Waals surface area contributed by atoms with E-state index in [0.29, 0.717) is 15.2 Å². The van der Waals surface area contributed by atoms with Crippen molar-refractivity contribution >= 4 is 53.3 Å². The lowest BCUT2D eigenvalue weighted by molar-refractivity contribution is -0.163. The second kappa shape index (κ2) is 23.4. The van der Waals surface area contributed by atoms with E-state index in [1.165, 1.54) is 0 Å². The number of nitrogens with two attached hydrogens (primary N) is 1. The van der Waals surface area contributed by atoms with Gasteiger partial charge in [0.15, 0.2) is 0 Å². The van der Waals surface area contributed by atoms with Crippen molar-refractivity contribution in [2.45, 2.75) is 95.9 Å². The third-order valence-electron chi connectivity index (χ3n) is 7.11. The average Bonchev–Trinajstić information content (AvgIpc) is 3.04. The zero-order valence-corrected chi connectivity index (χ0v) is 28.4. The summed E-state index contributed by atoms with van der Waals surface area (Å²) in [4.78, 5) is 109. The third-order valence-corrected chi connectivity index (χ3v) is 7.11. The zero-order valence-electron chi connectivity index (χ0n) is 28.4. The Morgan fingerprint density at radius 2 is 0.882 bits per heavy atom. The van der Waals surface area contributed by atoms with Crippen molar-refractivity contribution in [3.05, 3.63) is 0 Å². The van der Waals surface area contributed by atoms with E-state index >= 15 is 0 Å². The standard InChI is InChI=1S/C28H48N8O15/c1-15(38)34(49)10-4-7-18(29)24(43)30-19(8-5-11-35(50)16(2)39)25(44)31-20(9-6-12-36(51)17(3)40)26(45)33-22(14-37)27(46)32-21(28(47)48)13-23(41)42/h18-22,37,49-51H,4-14,29H2,1-3H3,(H,30,43)(H,31,44)(H,32,46)(H,33,45)(H,41,42)(H,47,48)/t18-,19-,20-,21+,22-/m0/s1. The lowest BCUT2D eigenvalue weighted by Crippen LogP contribution is -2.59. The van der Waals surface area contributed by atoms with E-state index in [0.717, 1.165) is 20.8 Å². The van der Waals surface area contributed by atoms with E-state index in [4.69, 9.17) is 10.8 Å². The van der Waals surface area contributed by atoms with Gasteiger partial charge in [-0.1, -0.05) is 0 Å². The molecule has 5 atom stereocenters. The highest BCUT2D eigenvalue weighted by Gasteiger charge is 2.32. The normalized spacial score (nSPS) is 13.6. The van der Waals surface area contributed by atoms with Crippen molar-refractivity contribution in [3.63, 3.8) is 0 Å². The Morgan fingerprint density at radius 1 is 0.549 bits per heavy atom. The maximum Gasteiger partial charge on any atom is 0.326 e. The molecule has 0 radical (unpaired) electrons. The number of aliphatic hydroxyl groups excluding tert-OH is 1. The summed E-state index contributed by atoms with van der Waals surface area (Å²) in [5, 5.41) is 66.6. The predicted molar refractivity (Wildman–Crippen MR) is 168 cm³/mol. The first-order chi connectivity index (χ1) is 23.7. The first-order valence-electron chi connectivity index (χ1n) is 15.6. The number of carbonyl (C=O) groups is 9. The number of nitrogens with one attached hydrogen (secondary N) is 4. The van der Waals surface area contributed by atoms with E-state index in [9.17, 15) is 69.0 Å². The Bertz CT molecular complexity index is 1250. The highest BCUT2D eigenvalue weighted by Crippen LogP contribution is 2.07. The number of hydrogen-bond donors (Lipinski definition) is 11. The van der Waals surface area contributed by atoms with Crippen LogP contribution >= 0.6 is 0 Å². The van der Waals surface area contributed by atoms with Gasteiger partial charge in [-0.15, -0.1) is 0 Å². The Hall–Kier alpha value is -4.97. The summed E-state index contributed by atoms with van der Waals surface area (Å²) < 4.78 is 0. The summed E-state index contributed by atoms with van der Waals surface area (Å²) >= 11 is 0. The van der Waals surface area contributed by atoms with Crippen LogP contribution in [-0.2, 0) is 43.2 Å². The molecule has 0 fully saturated rings. The number of carboxylic acids is 2. The summed E-state index contributed by atoms with van der Waals surface area (Å²) in [5.74, 6) is -9.68. The van der Waals surface area contributed by atoms with Gasteiger partial charge in [-0.05, 0) is 38.5 Å². The number of carboxylic acid groups (broad SMARTS) is 2. The molecule has 0 spiro atoms. The lowest BCUT2D eigenvalue weighted by atomic mass is 10.1. The number of hydrogen-bond acceptors (Lipinski definition) is 14. The SMILES string of the molecule is CC(=O)N(O)CCC[C@H](NC(=O)[C@H](CCCN(O)C(C)=O)NC(=O)[C@@H](N)CCCN(O)C(C)=O)C(=O)N[C@@H](CO)C(=O)N[C@H](CC(=O)O)C(=O)O. The van der Waals surface area contributed by atoms with Crippen LogP contribution in [0.1, 0.15) is 65.7 Å². The Labute approximate surface area is 291 Å². The quantitative estimate of drug-likeness (QED) is 0.0331. The van der Waals surface area contributed by atoms with Crippen molar-refractivity contribution in [2.75, 3.05) is 26.2 Å². The molecule has 0 saturated heterocycles. The van der Waals surface area contributed by atoms with E-state index < -0.39 is 96.5 Å². The zero-order chi connectivity index (χ0) is 39.4. The molecule has 12 N–H and O–H groups in total. The molecule has 0 saturated carbocycles. The molecule has 0 unspecified atom stereocenters. The number of aliphatic carboxylic acids is 2. The van der Waals surface area contributed by atoms with E-state index in [1.807, 2.05) is 5.32 Å². The van der Waals surface area contributed by atoms with Gasteiger partial charge in [0, 0.05) is 40.4 Å². The Morgan fingerprint density at radius 3 is 1.24 bits per heavy atom. The number of rotatable bonds is 24. The minimum absolute atomic E-state index is 0.0437. The number of nitrogens with zero attached hydrogens (tertiary/aromatic N) is 3. The summed E-state index contributed by atoms with van der Waals surface area (Å²) in [6, 6.07) is -8.05. The van der Waals surface area contributed by atoms with Crippen LogP contribution in [0.5, 0.6) is 0 Å². The molecule has 0 bridgehead atoms. The monoisotopic (exact) mass is 736 g/mol. The van der Waals surface area contributed by atoms with E-state index in [2.05, 4.69) is 16.0 Å². The van der Waals surface area contributed by atoms with Gasteiger partial charge in [-0.2, -0.15) is 0 Å². The van der Waals surface area contributed by atoms with Crippen molar-refractivity contribution in [2.24, 2.45) is 5.73 Å². The van der Waals surface area contributed by atoms with Crippen LogP contribution in [-0.4, -0.2) is 156 Å². The van der Waals surface area contributed by atoms with Gasteiger partial charge in [0.2, 0.25) is 41.4 Å². The predicted octanol–water partition coefficient (Wildman–Crippen LogP) is -4.14. The van der Waals surface area contributed by atoms with Crippen LogP contribution in [0, 0.1) is 0 Å². The molecule has 0 aromatic heterocycles. The van der Waals surface area contributed by atoms with E-state index in [1.54, 1.807) is 0 Å². The molecule has 0 aliphatic rings. The molecular formula is C28H48N8O15. The number of aliphatic hydroxyl groups is 1. The molecule has 0 aliphatic carbocycles. The number of amides is 7. The molecule has 0 aliphatic heterocycles. The molecule has 7 amide bonds. The smallest absolute Gasteiger partial charge is 0.326 e. The highest BCUT2D eigenvalue weighted by atomic mass is 16.5. The topological polar surface area (TPSA) is 359 Å². The Balaban J connectivity index is 6.10. The molecular weight excluding hydrogens is 688 g/mol. The van der Waals surface area contributed by atoms with Crippen LogP contribution in [0.3, 0.4) is 0 Å². The largest absolute Gasteiger partial charge is 0.481 e. The first kappa shape index (κ1) is 46.0. The fourth-order valence-corrected chi connectivity index (χ4v) is 4.16. The fraction of sp³-hybridized carbons (Fsp3) is 0.679. The van der Waals surface area contributed by atoms with Crippen LogP contribution in [0.2, 0.25) is 0 Å². The third kappa shape index (κ3) is 18.6. The van der Waals surface area contributed by atoms with Gasteiger partial charge in [0.1, 0.15) is 24.2 Å². The van der Waals surface area contributed by atoms with Gasteiger partial charge in [0.25, 0.3) is 0 Å². The minimum Gasteiger partial charge on any atom is -0.481 e. The van der Waals surface area contributed by atoms with Gasteiger partial charge in [-0.3, -0.25) is 54.0 Å². The van der Waals surface area contributed by atoms with Crippen LogP contribution in [0.25, 0.3) is 0 Å². The maximum absolute atomic E-state index is 13.5. The number of hydroxylamine groups is 6. The van der Waals surface area contributed by atoms with Crippen LogP contribution in [0.15, 0.2) is 0 Å². The molecule has 51 heavy (non-hydrogen) atoms. The first-order valence-corrected chi connectivity index (χ1v) is 15.6. The second-order valence-electron chi connectivity index (χ2n) is 11.3. The van der Waals surface area contributed by atoms with Crippen molar-refractivity contribution in [3.8, 4) is 0 Å². The molecule has 0 aromatic carbocycles. The summed E-state index contributed by atoms with van der Waals surface area (Å²) in [6.45, 7) is 1.39. The fourth-order valence-electron chi connectivity index (χ4n) is 4.16. The minimum atomic E-state index is -1.93. The summed E-state index contributed by atoms with van der Waals surface area (Å²) in [5.41, 5.74) is 5.92. The van der Waals surface area contributed by atoms with Crippen LogP contribution < -0.4 is 27.0 Å². The molecule has 0 aromatic rings. The average molecular weight is 737 g/mol. The second-order valence-corrected chi connectivity index (χ2v) is 11.3. The summed E-state index contributed by atoms with van der Waals surface area (Å²) in [6.07, 6.45) is -1.73. The maximum atomic E-state index is 13.5. The van der Waals surface area contributed by atoms with Gasteiger partial charge >= 0.3 is 11.9 Å². The van der Waals surface area contributed by atoms with Gasteiger partial charge in [0.05, 0.1) is 19.1 Å². The molecule has 23 nitrogen and oxygen atoms in total. The lowest BCUT2D eigenvalue weighted by Gasteiger charge is -2.26. The summed E-state index contributed by atoms with van der Waals surface area (Å²) in [7, 11) is 0. The van der Waals surface area contributed by atoms with Gasteiger partial charge < -0.3 is 42.3 Å². The van der Waals surface area contributed by atoms with Crippen molar-refractivity contribution in [1.29, 1.82) is 0 Å². The van der Waals surface area contributed by atoms with E-state index in [-0.39, 0.29) is 58.2 Å². The highest BCUT2D eigenvalue weighted by molar-refractivity contribution is 5.95. The van der Waals surface area contributed by atoms with Crippen molar-refractivity contribution in [1.82, 2.24) is 36.5 Å². The Kier molecular flexibility index (Phi) is 21.2. The molecule has 0 rings (SSSR count). The van der Waals surface area contributed by atoms with Crippen LogP contribution in [0.4, 0.5) is 0 Å².